The van der Waals surface area contributed by atoms with Crippen LogP contribution >= 0.6 is 0 Å². The third kappa shape index (κ3) is 2.22. The zero-order valence-electron chi connectivity index (χ0n) is 11.0. The quantitative estimate of drug-likeness (QED) is 0.813. The van der Waals surface area contributed by atoms with Gasteiger partial charge in [0.05, 0.1) is 11.2 Å². The molecular weight excluding hydrogens is 257 g/mol. The van der Waals surface area contributed by atoms with E-state index in [1.165, 1.54) is 6.21 Å². The van der Waals surface area contributed by atoms with E-state index in [9.17, 15) is 4.39 Å². The Morgan fingerprint density at radius 1 is 1.25 bits per heavy atom. The second kappa shape index (κ2) is 5.13. The fourth-order valence-corrected chi connectivity index (χ4v) is 2.71. The van der Waals surface area contributed by atoms with E-state index >= 15 is 0 Å². The number of piperidine rings is 1. The number of nitrogens with zero attached hydrogens (tertiary/aromatic N) is 3. The summed E-state index contributed by atoms with van der Waals surface area (Å²) < 4.78 is 13.7. The summed E-state index contributed by atoms with van der Waals surface area (Å²) in [6.45, 7) is 0.930. The third-order valence-corrected chi connectivity index (χ3v) is 3.56. The normalized spacial score (nSPS) is 23.0. The minimum absolute atomic E-state index is 0.173. The van der Waals surface area contributed by atoms with Crippen LogP contribution in [0.1, 0.15) is 12.0 Å². The first-order valence-electron chi connectivity index (χ1n) is 6.58. The zero-order valence-corrected chi connectivity index (χ0v) is 11.0. The van der Waals surface area contributed by atoms with Crippen LogP contribution in [0, 0.1) is 5.41 Å². The number of aromatic nitrogens is 2. The van der Waals surface area contributed by atoms with Gasteiger partial charge < -0.3 is 16.0 Å². The van der Waals surface area contributed by atoms with Crippen LogP contribution in [0.25, 0.3) is 11.0 Å². The van der Waals surface area contributed by atoms with Gasteiger partial charge in [-0.15, -0.1) is 0 Å². The van der Waals surface area contributed by atoms with Gasteiger partial charge in [0.25, 0.3) is 0 Å². The summed E-state index contributed by atoms with van der Waals surface area (Å²) in [4.78, 5) is 10.5. The van der Waals surface area contributed by atoms with Crippen LogP contribution in [0.3, 0.4) is 0 Å². The molecule has 0 unspecified atom stereocenters. The number of anilines is 1. The molecule has 3 N–H and O–H groups in total. The molecule has 2 heterocycles. The molecule has 0 saturated carbocycles. The van der Waals surface area contributed by atoms with Gasteiger partial charge in [0.2, 0.25) is 0 Å². The lowest BCUT2D eigenvalue weighted by Crippen LogP contribution is -2.48. The van der Waals surface area contributed by atoms with Crippen molar-refractivity contribution in [2.45, 2.75) is 18.6 Å². The number of hydrogen-bond donors (Lipinski definition) is 2. The average Bonchev–Trinajstić information content (AvgIpc) is 2.45. The highest BCUT2D eigenvalue weighted by atomic mass is 19.1. The van der Waals surface area contributed by atoms with Crippen molar-refractivity contribution in [1.29, 1.82) is 5.41 Å². The highest BCUT2D eigenvalue weighted by Gasteiger charge is 2.26. The number of fused-ring (bicyclic) bond motifs is 1. The van der Waals surface area contributed by atoms with Crippen LogP contribution in [0.15, 0.2) is 24.5 Å². The number of hydrogen-bond acceptors (Lipinski definition) is 5. The topological polar surface area (TPSA) is 78.9 Å². The van der Waals surface area contributed by atoms with E-state index in [2.05, 4.69) is 9.97 Å². The molecule has 0 spiro atoms. The number of halogens is 1. The van der Waals surface area contributed by atoms with Crippen molar-refractivity contribution in [3.63, 3.8) is 0 Å². The van der Waals surface area contributed by atoms with Crippen molar-refractivity contribution in [2.75, 3.05) is 18.0 Å². The third-order valence-electron chi connectivity index (χ3n) is 3.56. The van der Waals surface area contributed by atoms with E-state index < -0.39 is 6.17 Å². The van der Waals surface area contributed by atoms with Crippen molar-refractivity contribution in [2.24, 2.45) is 5.73 Å². The van der Waals surface area contributed by atoms with Gasteiger partial charge in [0.15, 0.2) is 0 Å². The summed E-state index contributed by atoms with van der Waals surface area (Å²) in [6, 6.07) is 3.50. The summed E-state index contributed by atoms with van der Waals surface area (Å²) in [5.74, 6) is 0. The number of nitrogens with two attached hydrogens (primary N) is 1. The monoisotopic (exact) mass is 273 g/mol. The molecule has 2 atom stereocenters. The highest BCUT2D eigenvalue weighted by molar-refractivity contribution is 6.00. The van der Waals surface area contributed by atoms with E-state index in [1.54, 1.807) is 12.4 Å². The molecule has 6 heteroatoms. The van der Waals surface area contributed by atoms with E-state index in [1.807, 2.05) is 17.0 Å². The van der Waals surface area contributed by atoms with E-state index in [0.717, 1.165) is 5.69 Å². The van der Waals surface area contributed by atoms with Crippen LogP contribution in [-0.2, 0) is 0 Å². The summed E-state index contributed by atoms with van der Waals surface area (Å²) in [5.41, 5.74) is 8.78. The van der Waals surface area contributed by atoms with E-state index in [0.29, 0.717) is 36.1 Å². The number of benzene rings is 1. The molecule has 1 aliphatic heterocycles. The van der Waals surface area contributed by atoms with Gasteiger partial charge in [-0.3, -0.25) is 9.97 Å². The molecule has 5 nitrogen and oxygen atoms in total. The second-order valence-electron chi connectivity index (χ2n) is 5.07. The summed E-state index contributed by atoms with van der Waals surface area (Å²) in [7, 11) is 0. The van der Waals surface area contributed by atoms with Crippen LogP contribution in [0.2, 0.25) is 0 Å². The Bertz CT molecular complexity index is 634. The van der Waals surface area contributed by atoms with E-state index in [4.69, 9.17) is 11.1 Å². The minimum atomic E-state index is -0.923. The lowest BCUT2D eigenvalue weighted by molar-refractivity contribution is 0.269. The molecule has 0 bridgehead atoms. The molecule has 1 saturated heterocycles. The molecule has 0 aliphatic carbocycles. The Labute approximate surface area is 116 Å². The molecule has 0 radical (unpaired) electrons. The maximum absolute atomic E-state index is 13.7. The minimum Gasteiger partial charge on any atom is -0.365 e. The van der Waals surface area contributed by atoms with Gasteiger partial charge >= 0.3 is 0 Å². The van der Waals surface area contributed by atoms with Gasteiger partial charge in [-0.25, -0.2) is 4.39 Å². The second-order valence-corrected chi connectivity index (χ2v) is 5.07. The van der Waals surface area contributed by atoms with E-state index in [-0.39, 0.29) is 6.04 Å². The molecule has 1 aromatic carbocycles. The molecule has 2 aromatic rings. The fraction of sp³-hybridized carbons (Fsp3) is 0.357. The number of alkyl halides is 1. The molecule has 0 amide bonds. The summed E-state index contributed by atoms with van der Waals surface area (Å²) in [5, 5.41) is 7.42. The van der Waals surface area contributed by atoms with Crippen LogP contribution in [0.4, 0.5) is 10.1 Å². The van der Waals surface area contributed by atoms with Crippen LogP contribution in [-0.4, -0.2) is 41.5 Å². The van der Waals surface area contributed by atoms with Crippen molar-refractivity contribution in [3.8, 4) is 0 Å². The largest absolute Gasteiger partial charge is 0.365 e. The van der Waals surface area contributed by atoms with Crippen molar-refractivity contribution >= 4 is 22.9 Å². The zero-order chi connectivity index (χ0) is 14.1. The predicted octanol–water partition coefficient (Wildman–Crippen LogP) is 1.50. The summed E-state index contributed by atoms with van der Waals surface area (Å²) >= 11 is 0. The highest BCUT2D eigenvalue weighted by Crippen LogP contribution is 2.28. The average molecular weight is 273 g/mol. The molecule has 3 rings (SSSR count). The van der Waals surface area contributed by atoms with Crippen molar-refractivity contribution in [3.05, 3.63) is 30.1 Å². The van der Waals surface area contributed by atoms with Crippen molar-refractivity contribution in [1.82, 2.24) is 9.97 Å². The SMILES string of the molecule is N=Cc1ccc(N2C[C@@H](N)C[C@@H](F)C2)c2nccnc12. The predicted molar refractivity (Wildman–Crippen MR) is 77.1 cm³/mol. The van der Waals surface area contributed by atoms with Gasteiger partial charge in [-0.05, 0) is 18.6 Å². The summed E-state index contributed by atoms with van der Waals surface area (Å²) in [6.07, 6.45) is 3.93. The first-order valence-corrected chi connectivity index (χ1v) is 6.58. The van der Waals surface area contributed by atoms with Gasteiger partial charge in [-0.2, -0.15) is 0 Å². The maximum atomic E-state index is 13.7. The molecule has 1 aromatic heterocycles. The van der Waals surface area contributed by atoms with Gasteiger partial charge in [0, 0.05) is 43.3 Å². The Morgan fingerprint density at radius 2 is 2.00 bits per heavy atom. The first kappa shape index (κ1) is 12.9. The Hall–Kier alpha value is -2.08. The lowest BCUT2D eigenvalue weighted by atomic mass is 10.0. The van der Waals surface area contributed by atoms with Crippen LogP contribution < -0.4 is 10.6 Å². The molecule has 1 fully saturated rings. The smallest absolute Gasteiger partial charge is 0.119 e. The first-order chi connectivity index (χ1) is 9.69. The Kier molecular flexibility index (Phi) is 3.31. The van der Waals surface area contributed by atoms with Crippen molar-refractivity contribution < 1.29 is 4.39 Å². The van der Waals surface area contributed by atoms with Gasteiger partial charge in [0.1, 0.15) is 11.7 Å². The lowest BCUT2D eigenvalue weighted by Gasteiger charge is -2.35. The van der Waals surface area contributed by atoms with Gasteiger partial charge in [-0.1, -0.05) is 0 Å². The fourth-order valence-electron chi connectivity index (χ4n) is 2.71. The Balaban J connectivity index is 2.10. The molecule has 20 heavy (non-hydrogen) atoms. The molecular formula is C14H16FN5. The van der Waals surface area contributed by atoms with Crippen LogP contribution in [0.5, 0.6) is 0 Å². The number of nitrogens with one attached hydrogen (secondary N) is 1. The molecule has 1 aliphatic rings. The number of rotatable bonds is 2. The molecule has 104 valence electrons. The maximum Gasteiger partial charge on any atom is 0.119 e. The standard InChI is InChI=1S/C14H16FN5/c15-10-5-11(17)8-20(7-10)12-2-1-9(6-16)13-14(12)19-4-3-18-13/h1-4,6,10-11,16H,5,7-8,17H2/t10-,11+/m1/s1. The Morgan fingerprint density at radius 3 is 2.70 bits per heavy atom.